The van der Waals surface area contributed by atoms with Gasteiger partial charge in [-0.2, -0.15) is 22.7 Å². The summed E-state index contributed by atoms with van der Waals surface area (Å²) in [6.45, 7) is -5.76. The summed E-state index contributed by atoms with van der Waals surface area (Å²) in [5.41, 5.74) is 6.42. The van der Waals surface area contributed by atoms with Crippen molar-refractivity contribution >= 4 is 11.6 Å². The lowest BCUT2D eigenvalue weighted by molar-refractivity contribution is -0.0505. The van der Waals surface area contributed by atoms with E-state index in [0.717, 1.165) is 58.6 Å². The summed E-state index contributed by atoms with van der Waals surface area (Å²) in [5, 5.41) is 4.98. The Hall–Kier alpha value is -4.07. The van der Waals surface area contributed by atoms with Crippen LogP contribution in [-0.4, -0.2) is 23.0 Å². The summed E-state index contributed by atoms with van der Waals surface area (Å²) in [6, 6.07) is 22.8. The van der Waals surface area contributed by atoms with Crippen molar-refractivity contribution in [2.24, 2.45) is 0 Å². The second-order valence-corrected chi connectivity index (χ2v) is 8.30. The Morgan fingerprint density at radius 2 is 1.36 bits per heavy atom. The molecule has 0 unspecified atom stereocenters. The smallest absolute Gasteiger partial charge is 0.387 e. The summed E-state index contributed by atoms with van der Waals surface area (Å²) in [7, 11) is 0. The molecule has 1 aliphatic carbocycles. The van der Waals surface area contributed by atoms with Crippen molar-refractivity contribution in [1.82, 2.24) is 9.78 Å². The van der Waals surface area contributed by atoms with Gasteiger partial charge in [0.25, 0.3) is 0 Å². The molecule has 0 radical (unpaired) electrons. The zero-order chi connectivity index (χ0) is 25.1. The average Bonchev–Trinajstić information content (AvgIpc) is 3.26. The van der Waals surface area contributed by atoms with E-state index in [2.05, 4.69) is 9.47 Å². The van der Waals surface area contributed by atoms with Gasteiger partial charge in [-0.1, -0.05) is 30.3 Å². The summed E-state index contributed by atoms with van der Waals surface area (Å²) >= 11 is 0. The standard InChI is InChI=1S/C28H22F4N2O2/c29-27(30)35-22-13-9-18(10-14-22)17-20-5-4-8-24-25(20)33-34(21-6-2-1-3-7-21)26(24)19-11-15-23(16-12-19)36-28(31)32/h1-3,6-7,9-17,27-28H,4-5,8H2. The van der Waals surface area contributed by atoms with Gasteiger partial charge >= 0.3 is 13.2 Å². The van der Waals surface area contributed by atoms with Crippen molar-refractivity contribution in [3.05, 3.63) is 95.7 Å². The van der Waals surface area contributed by atoms with Crippen LogP contribution in [0.2, 0.25) is 0 Å². The van der Waals surface area contributed by atoms with Crippen LogP contribution in [0.25, 0.3) is 28.6 Å². The molecular formula is C28H22F4N2O2. The SMILES string of the molecule is FC(F)Oc1ccc(C=C2CCCc3c2nn(-c2ccccc2)c3-c2ccc(OC(F)F)cc2)cc1. The molecule has 0 fully saturated rings. The van der Waals surface area contributed by atoms with Gasteiger partial charge in [0.05, 0.1) is 17.1 Å². The van der Waals surface area contributed by atoms with Gasteiger partial charge in [-0.15, -0.1) is 0 Å². The summed E-state index contributed by atoms with van der Waals surface area (Å²) in [4.78, 5) is 0. The molecule has 0 atom stereocenters. The molecule has 1 heterocycles. The maximum absolute atomic E-state index is 12.6. The second-order valence-electron chi connectivity index (χ2n) is 8.30. The maximum atomic E-state index is 12.6. The van der Waals surface area contributed by atoms with Crippen LogP contribution in [0.1, 0.15) is 29.7 Å². The van der Waals surface area contributed by atoms with Crippen LogP contribution in [-0.2, 0) is 6.42 Å². The van der Waals surface area contributed by atoms with Crippen LogP contribution in [0.3, 0.4) is 0 Å². The molecule has 0 N–H and O–H groups in total. The van der Waals surface area contributed by atoms with Crippen molar-refractivity contribution in [2.45, 2.75) is 32.5 Å². The second kappa shape index (κ2) is 10.3. The molecule has 5 rings (SSSR count). The highest BCUT2D eigenvalue weighted by molar-refractivity contribution is 5.85. The molecule has 184 valence electrons. The lowest BCUT2D eigenvalue weighted by Gasteiger charge is -2.16. The van der Waals surface area contributed by atoms with Gasteiger partial charge in [-0.05, 0) is 85.0 Å². The maximum Gasteiger partial charge on any atom is 0.387 e. The van der Waals surface area contributed by atoms with E-state index in [-0.39, 0.29) is 11.5 Å². The minimum Gasteiger partial charge on any atom is -0.435 e. The number of para-hydroxylation sites is 1. The number of hydrogen-bond acceptors (Lipinski definition) is 3. The van der Waals surface area contributed by atoms with Crippen molar-refractivity contribution in [3.8, 4) is 28.4 Å². The molecule has 4 aromatic rings. The molecule has 0 aliphatic heterocycles. The highest BCUT2D eigenvalue weighted by Crippen LogP contribution is 2.39. The molecule has 0 bridgehead atoms. The number of hydrogen-bond donors (Lipinski definition) is 0. The lowest BCUT2D eigenvalue weighted by Crippen LogP contribution is -2.03. The summed E-state index contributed by atoms with van der Waals surface area (Å²) in [5.74, 6) is 0.194. The predicted octanol–water partition coefficient (Wildman–Crippen LogP) is 7.62. The Bertz CT molecular complexity index is 1350. The zero-order valence-electron chi connectivity index (χ0n) is 19.1. The Morgan fingerprint density at radius 3 is 1.97 bits per heavy atom. The molecule has 3 aromatic carbocycles. The van der Waals surface area contributed by atoms with Crippen LogP contribution in [0.15, 0.2) is 78.9 Å². The first kappa shape index (κ1) is 23.7. The number of halogens is 4. The largest absolute Gasteiger partial charge is 0.435 e. The quantitative estimate of drug-likeness (QED) is 0.248. The van der Waals surface area contributed by atoms with E-state index in [1.54, 1.807) is 24.3 Å². The van der Waals surface area contributed by atoms with E-state index in [4.69, 9.17) is 5.10 Å². The molecule has 1 aliphatic rings. The van der Waals surface area contributed by atoms with E-state index in [0.29, 0.717) is 0 Å². The van der Waals surface area contributed by atoms with E-state index in [1.807, 2.05) is 41.1 Å². The van der Waals surface area contributed by atoms with Gasteiger partial charge in [-0.25, -0.2) is 4.68 Å². The van der Waals surface area contributed by atoms with Crippen molar-refractivity contribution in [2.75, 3.05) is 0 Å². The number of fused-ring (bicyclic) bond motifs is 1. The topological polar surface area (TPSA) is 36.3 Å². The normalized spacial score (nSPS) is 14.3. The zero-order valence-corrected chi connectivity index (χ0v) is 19.1. The van der Waals surface area contributed by atoms with E-state index in [1.165, 1.54) is 24.3 Å². The first-order valence-corrected chi connectivity index (χ1v) is 11.5. The van der Waals surface area contributed by atoms with Gasteiger partial charge in [0, 0.05) is 11.1 Å². The molecule has 0 amide bonds. The van der Waals surface area contributed by atoms with Gasteiger partial charge < -0.3 is 9.47 Å². The Kier molecular flexibility index (Phi) is 6.75. The monoisotopic (exact) mass is 494 g/mol. The van der Waals surface area contributed by atoms with E-state index < -0.39 is 13.2 Å². The van der Waals surface area contributed by atoms with E-state index in [9.17, 15) is 17.6 Å². The highest BCUT2D eigenvalue weighted by Gasteiger charge is 2.25. The molecular weight excluding hydrogens is 472 g/mol. The van der Waals surface area contributed by atoms with Gasteiger partial charge in [0.1, 0.15) is 11.5 Å². The Balaban J connectivity index is 1.57. The van der Waals surface area contributed by atoms with Crippen LogP contribution in [0, 0.1) is 0 Å². The first-order chi connectivity index (χ1) is 17.5. The minimum absolute atomic E-state index is 0.0910. The number of rotatable bonds is 7. The van der Waals surface area contributed by atoms with Crippen LogP contribution in [0.5, 0.6) is 11.5 Å². The van der Waals surface area contributed by atoms with E-state index >= 15 is 0 Å². The summed E-state index contributed by atoms with van der Waals surface area (Å²) < 4.78 is 61.0. The first-order valence-electron chi connectivity index (χ1n) is 11.5. The fraction of sp³-hybridized carbons (Fsp3) is 0.179. The number of benzene rings is 3. The lowest BCUT2D eigenvalue weighted by atomic mass is 9.89. The fourth-order valence-electron chi connectivity index (χ4n) is 4.45. The number of aromatic nitrogens is 2. The van der Waals surface area contributed by atoms with Crippen molar-refractivity contribution < 1.29 is 27.0 Å². The molecule has 1 aromatic heterocycles. The third-order valence-corrected chi connectivity index (χ3v) is 5.96. The third-order valence-electron chi connectivity index (χ3n) is 5.96. The fourth-order valence-corrected chi connectivity index (χ4v) is 4.45. The number of ether oxygens (including phenoxy) is 2. The predicted molar refractivity (Wildman–Crippen MR) is 130 cm³/mol. The van der Waals surface area contributed by atoms with Crippen molar-refractivity contribution in [3.63, 3.8) is 0 Å². The highest BCUT2D eigenvalue weighted by atomic mass is 19.3. The van der Waals surface area contributed by atoms with Crippen LogP contribution in [0.4, 0.5) is 17.6 Å². The summed E-state index contributed by atoms with van der Waals surface area (Å²) in [6.07, 6.45) is 4.54. The molecule has 0 saturated carbocycles. The molecule has 36 heavy (non-hydrogen) atoms. The van der Waals surface area contributed by atoms with Gasteiger partial charge in [0.15, 0.2) is 0 Å². The number of alkyl halides is 4. The van der Waals surface area contributed by atoms with Gasteiger partial charge in [-0.3, -0.25) is 0 Å². The van der Waals surface area contributed by atoms with Crippen molar-refractivity contribution in [1.29, 1.82) is 0 Å². The molecule has 4 nitrogen and oxygen atoms in total. The third kappa shape index (κ3) is 5.12. The van der Waals surface area contributed by atoms with Gasteiger partial charge in [0.2, 0.25) is 0 Å². The molecule has 0 spiro atoms. The Labute approximate surface area is 205 Å². The van der Waals surface area contributed by atoms with Crippen LogP contribution >= 0.6 is 0 Å². The Morgan fingerprint density at radius 1 is 0.750 bits per heavy atom. The number of nitrogens with zero attached hydrogens (tertiary/aromatic N) is 2. The minimum atomic E-state index is -2.89. The molecule has 0 saturated heterocycles. The van der Waals surface area contributed by atoms with Crippen LogP contribution < -0.4 is 9.47 Å². The average molecular weight is 494 g/mol. The molecule has 8 heteroatoms. The number of allylic oxidation sites excluding steroid dienone is 1.